The van der Waals surface area contributed by atoms with Crippen LogP contribution in [0.5, 0.6) is 0 Å². The molecule has 0 saturated carbocycles. The molecule has 0 heterocycles. The van der Waals surface area contributed by atoms with Crippen LogP contribution in [0.1, 0.15) is 39.4 Å². The van der Waals surface area contributed by atoms with Gasteiger partial charge in [-0.15, -0.1) is 0 Å². The number of carbonyl (C=O) groups excluding carboxylic acids is 2. The third kappa shape index (κ3) is 10.1. The second kappa shape index (κ2) is 14.6. The van der Waals surface area contributed by atoms with Gasteiger partial charge in [0, 0.05) is 13.1 Å². The van der Waals surface area contributed by atoms with E-state index in [1.165, 1.54) is 0 Å². The smallest absolute Gasteiger partial charge is 0.409 e. The first-order valence-electron chi connectivity index (χ1n) is 10.4. The zero-order valence-corrected chi connectivity index (χ0v) is 18.1. The van der Waals surface area contributed by atoms with E-state index >= 15 is 0 Å². The molecule has 8 heteroatoms. The highest BCUT2D eigenvalue weighted by Crippen LogP contribution is 2.10. The summed E-state index contributed by atoms with van der Waals surface area (Å²) in [5.41, 5.74) is 0.730. The zero-order valence-electron chi connectivity index (χ0n) is 18.1. The Morgan fingerprint density at radius 2 is 1.21 bits per heavy atom. The van der Waals surface area contributed by atoms with Crippen LogP contribution in [0, 0.1) is 0 Å². The summed E-state index contributed by atoms with van der Waals surface area (Å²) in [6.07, 6.45) is -1.91. The van der Waals surface area contributed by atoms with Gasteiger partial charge < -0.3 is 19.3 Å². The highest BCUT2D eigenvalue weighted by atomic mass is 16.6. The lowest BCUT2D eigenvalue weighted by Crippen LogP contribution is -2.42. The van der Waals surface area contributed by atoms with E-state index in [9.17, 15) is 9.59 Å². The van der Waals surface area contributed by atoms with Crippen molar-refractivity contribution < 1.29 is 19.1 Å². The number of nitrogens with zero attached hydrogens (tertiary/aromatic N) is 2. The fraction of sp³-hybridized carbons (Fsp3) is 0.619. The van der Waals surface area contributed by atoms with Gasteiger partial charge in [-0.1, -0.05) is 58.0 Å². The van der Waals surface area contributed by atoms with Crippen LogP contribution in [0.2, 0.25) is 0 Å². The van der Waals surface area contributed by atoms with Gasteiger partial charge in [-0.3, -0.25) is 10.6 Å². The minimum Gasteiger partial charge on any atom is -0.448 e. The molecule has 0 spiro atoms. The Hall–Kier alpha value is -2.32. The predicted octanol–water partition coefficient (Wildman–Crippen LogP) is 2.82. The van der Waals surface area contributed by atoms with Crippen LogP contribution in [0.4, 0.5) is 9.59 Å². The molecular formula is C21H36N4O4. The van der Waals surface area contributed by atoms with Gasteiger partial charge in [0.05, 0.1) is 0 Å². The van der Waals surface area contributed by atoms with Crippen molar-refractivity contribution in [1.29, 1.82) is 0 Å². The van der Waals surface area contributed by atoms with Crippen molar-refractivity contribution >= 4 is 12.2 Å². The van der Waals surface area contributed by atoms with Crippen molar-refractivity contribution in [3.8, 4) is 0 Å². The molecule has 8 nitrogen and oxygen atoms in total. The lowest BCUT2D eigenvalue weighted by molar-refractivity contribution is 0.115. The summed E-state index contributed by atoms with van der Waals surface area (Å²) < 4.78 is 10.5. The molecule has 0 aromatic heterocycles. The van der Waals surface area contributed by atoms with Gasteiger partial charge in [-0.05, 0) is 31.7 Å². The molecule has 0 bridgehead atoms. The second-order valence-corrected chi connectivity index (χ2v) is 6.46. The fourth-order valence-corrected chi connectivity index (χ4v) is 2.78. The summed E-state index contributed by atoms with van der Waals surface area (Å²) in [7, 11) is 0. The Kier molecular flexibility index (Phi) is 12.5. The van der Waals surface area contributed by atoms with Crippen LogP contribution >= 0.6 is 0 Å². The number of likely N-dealkylation sites (N-methyl/N-ethyl adjacent to an activating group) is 2. The van der Waals surface area contributed by atoms with Crippen molar-refractivity contribution in [2.45, 2.75) is 33.9 Å². The largest absolute Gasteiger partial charge is 0.448 e. The number of nitrogens with one attached hydrogen (secondary N) is 2. The molecule has 0 aliphatic carbocycles. The molecule has 2 N–H and O–H groups in total. The maximum absolute atomic E-state index is 12.2. The molecule has 0 aliphatic heterocycles. The van der Waals surface area contributed by atoms with E-state index in [4.69, 9.17) is 9.47 Å². The number of rotatable bonds is 13. The first kappa shape index (κ1) is 24.7. The molecule has 164 valence electrons. The molecule has 0 radical (unpaired) electrons. The van der Waals surface area contributed by atoms with Crippen LogP contribution in [-0.2, 0) is 9.47 Å². The first-order chi connectivity index (χ1) is 14.0. The van der Waals surface area contributed by atoms with E-state index in [2.05, 4.69) is 48.1 Å². The summed E-state index contributed by atoms with van der Waals surface area (Å²) in [6.45, 7) is 13.7. The Morgan fingerprint density at radius 1 is 0.793 bits per heavy atom. The van der Waals surface area contributed by atoms with Crippen molar-refractivity contribution in [1.82, 2.24) is 20.4 Å². The molecule has 0 saturated heterocycles. The van der Waals surface area contributed by atoms with Gasteiger partial charge in [0.15, 0.2) is 0 Å². The number of hydrogen-bond donors (Lipinski definition) is 2. The van der Waals surface area contributed by atoms with E-state index in [0.29, 0.717) is 13.1 Å². The summed E-state index contributed by atoms with van der Waals surface area (Å²) in [5.74, 6) is 0. The van der Waals surface area contributed by atoms with Gasteiger partial charge >= 0.3 is 12.2 Å². The maximum atomic E-state index is 12.2. The van der Waals surface area contributed by atoms with Crippen molar-refractivity contribution in [2.24, 2.45) is 0 Å². The Morgan fingerprint density at radius 3 is 1.59 bits per heavy atom. The van der Waals surface area contributed by atoms with E-state index in [1.54, 1.807) is 0 Å². The van der Waals surface area contributed by atoms with E-state index in [-0.39, 0.29) is 13.2 Å². The average Bonchev–Trinajstić information content (AvgIpc) is 2.74. The molecule has 2 amide bonds. The molecule has 1 aromatic rings. The number of ether oxygens (including phenoxy) is 2. The minimum absolute atomic E-state index is 0.281. The van der Waals surface area contributed by atoms with Gasteiger partial charge in [-0.25, -0.2) is 9.59 Å². The number of alkyl carbamates (subject to hydrolysis) is 2. The first-order valence-corrected chi connectivity index (χ1v) is 10.4. The molecular weight excluding hydrogens is 372 g/mol. The number of hydrogen-bond acceptors (Lipinski definition) is 6. The third-order valence-corrected chi connectivity index (χ3v) is 4.73. The lowest BCUT2D eigenvalue weighted by atomic mass is 10.2. The normalized spacial score (nSPS) is 11.0. The Bertz CT molecular complexity index is 545. The van der Waals surface area contributed by atoms with Gasteiger partial charge in [-0.2, -0.15) is 0 Å². The highest BCUT2D eigenvalue weighted by Gasteiger charge is 2.18. The topological polar surface area (TPSA) is 83.1 Å². The molecule has 0 atom stereocenters. The summed E-state index contributed by atoms with van der Waals surface area (Å²) in [4.78, 5) is 28.7. The van der Waals surface area contributed by atoms with E-state index in [1.807, 2.05) is 30.3 Å². The number of benzene rings is 1. The predicted molar refractivity (Wildman–Crippen MR) is 114 cm³/mol. The molecule has 29 heavy (non-hydrogen) atoms. The molecule has 0 fully saturated rings. The van der Waals surface area contributed by atoms with E-state index < -0.39 is 18.4 Å². The van der Waals surface area contributed by atoms with Gasteiger partial charge in [0.1, 0.15) is 19.4 Å². The van der Waals surface area contributed by atoms with Crippen LogP contribution in [-0.4, -0.2) is 74.5 Å². The van der Waals surface area contributed by atoms with Crippen molar-refractivity contribution in [3.63, 3.8) is 0 Å². The quantitative estimate of drug-likeness (QED) is 0.489. The Labute approximate surface area is 174 Å². The van der Waals surface area contributed by atoms with Crippen LogP contribution in [0.15, 0.2) is 30.3 Å². The molecule has 1 aromatic carbocycles. The standard InChI is InChI=1S/C21H36N4O4/c1-5-24(6-2)14-16-28-20(26)22-19(18-12-10-9-11-13-18)23-21(27)29-17-15-25(7-3)8-4/h9-13,19H,5-8,14-17H2,1-4H3,(H,22,26)(H,23,27). The Balaban J connectivity index is 2.56. The fourth-order valence-electron chi connectivity index (χ4n) is 2.78. The second-order valence-electron chi connectivity index (χ2n) is 6.46. The monoisotopic (exact) mass is 408 g/mol. The van der Waals surface area contributed by atoms with Crippen molar-refractivity contribution in [3.05, 3.63) is 35.9 Å². The number of carbonyl (C=O) groups is 2. The lowest BCUT2D eigenvalue weighted by Gasteiger charge is -2.22. The van der Waals surface area contributed by atoms with E-state index in [0.717, 1.165) is 31.7 Å². The van der Waals surface area contributed by atoms with Crippen LogP contribution < -0.4 is 10.6 Å². The highest BCUT2D eigenvalue weighted by molar-refractivity contribution is 5.71. The third-order valence-electron chi connectivity index (χ3n) is 4.73. The van der Waals surface area contributed by atoms with Crippen LogP contribution in [0.3, 0.4) is 0 Å². The van der Waals surface area contributed by atoms with Gasteiger partial charge in [0.2, 0.25) is 0 Å². The summed E-state index contributed by atoms with van der Waals surface area (Å²) >= 11 is 0. The minimum atomic E-state index is -0.738. The molecule has 1 rings (SSSR count). The van der Waals surface area contributed by atoms with Gasteiger partial charge in [0.25, 0.3) is 0 Å². The number of amides is 2. The average molecular weight is 409 g/mol. The summed E-state index contributed by atoms with van der Waals surface area (Å²) in [5, 5.41) is 5.39. The molecule has 0 aliphatic rings. The summed E-state index contributed by atoms with van der Waals surface area (Å²) in [6, 6.07) is 9.17. The molecule has 0 unspecified atom stereocenters. The zero-order chi connectivity index (χ0) is 21.5. The SMILES string of the molecule is CCN(CC)CCOC(=O)NC(NC(=O)OCCN(CC)CC)c1ccccc1. The maximum Gasteiger partial charge on any atom is 0.409 e. The van der Waals surface area contributed by atoms with Crippen molar-refractivity contribution in [2.75, 3.05) is 52.5 Å². The van der Waals surface area contributed by atoms with Crippen LogP contribution in [0.25, 0.3) is 0 Å².